The highest BCUT2D eigenvalue weighted by Crippen LogP contribution is 2.21. The molecule has 1 rings (SSSR count). The Hall–Kier alpha value is -1.02. The van der Waals surface area contributed by atoms with Crippen LogP contribution in [0, 0.1) is 0 Å². The van der Waals surface area contributed by atoms with E-state index >= 15 is 0 Å². The minimum Gasteiger partial charge on any atom is -0.494 e. The number of ether oxygens (including phenoxy) is 1. The van der Waals surface area contributed by atoms with Crippen LogP contribution in [-0.4, -0.2) is 13.2 Å². The Kier molecular flexibility index (Phi) is 5.94. The van der Waals surface area contributed by atoms with Gasteiger partial charge in [0.05, 0.1) is 6.61 Å². The van der Waals surface area contributed by atoms with Crippen LogP contribution in [0.15, 0.2) is 24.3 Å². The maximum Gasteiger partial charge on any atom is 0.119 e. The summed E-state index contributed by atoms with van der Waals surface area (Å²) < 4.78 is 5.44. The van der Waals surface area contributed by atoms with Crippen LogP contribution < -0.4 is 10.1 Å². The van der Waals surface area contributed by atoms with E-state index in [1.807, 2.05) is 6.92 Å². The first-order chi connectivity index (χ1) is 7.81. The van der Waals surface area contributed by atoms with Crippen LogP contribution in [0.25, 0.3) is 0 Å². The van der Waals surface area contributed by atoms with Crippen LogP contribution in [0.1, 0.15) is 45.2 Å². The summed E-state index contributed by atoms with van der Waals surface area (Å²) in [6, 6.07) is 8.91. The third kappa shape index (κ3) is 3.86. The molecule has 0 aliphatic heterocycles. The molecule has 16 heavy (non-hydrogen) atoms. The van der Waals surface area contributed by atoms with Gasteiger partial charge in [-0.1, -0.05) is 32.4 Å². The Bertz CT molecular complexity index is 275. The second-order valence-electron chi connectivity index (χ2n) is 3.90. The number of hydrogen-bond acceptors (Lipinski definition) is 2. The predicted molar refractivity (Wildman–Crippen MR) is 68.9 cm³/mol. The number of benzene rings is 1. The van der Waals surface area contributed by atoms with E-state index in [0.29, 0.717) is 6.04 Å². The minimum atomic E-state index is 0.477. The Balaban J connectivity index is 2.68. The van der Waals surface area contributed by atoms with Gasteiger partial charge < -0.3 is 10.1 Å². The molecule has 1 aromatic carbocycles. The second kappa shape index (κ2) is 7.29. The molecule has 0 aliphatic carbocycles. The first-order valence-electron chi connectivity index (χ1n) is 6.27. The molecule has 0 bridgehead atoms. The fourth-order valence-electron chi connectivity index (χ4n) is 1.88. The Morgan fingerprint density at radius 1 is 1.12 bits per heavy atom. The molecule has 0 heterocycles. The maximum absolute atomic E-state index is 5.44. The van der Waals surface area contributed by atoms with Gasteiger partial charge in [-0.3, -0.25) is 0 Å². The van der Waals surface area contributed by atoms with E-state index in [1.165, 1.54) is 18.4 Å². The first-order valence-corrected chi connectivity index (χ1v) is 6.27. The predicted octanol–water partition coefficient (Wildman–Crippen LogP) is 3.54. The summed E-state index contributed by atoms with van der Waals surface area (Å²) >= 11 is 0. The molecular weight excluding hydrogens is 198 g/mol. The lowest BCUT2D eigenvalue weighted by atomic mass is 10.0. The molecule has 0 aromatic heterocycles. The molecule has 0 amide bonds. The fraction of sp³-hybridized carbons (Fsp3) is 0.571. The number of nitrogens with one attached hydrogen (secondary N) is 1. The summed E-state index contributed by atoms with van der Waals surface area (Å²) in [4.78, 5) is 0. The number of hydrogen-bond donors (Lipinski definition) is 1. The summed E-state index contributed by atoms with van der Waals surface area (Å²) in [6.45, 7) is 8.12. The summed E-state index contributed by atoms with van der Waals surface area (Å²) in [7, 11) is 0. The normalized spacial score (nSPS) is 12.4. The van der Waals surface area contributed by atoms with Crippen molar-refractivity contribution in [1.82, 2.24) is 5.32 Å². The van der Waals surface area contributed by atoms with Crippen LogP contribution in [0.3, 0.4) is 0 Å². The van der Waals surface area contributed by atoms with E-state index < -0.39 is 0 Å². The molecule has 2 nitrogen and oxygen atoms in total. The van der Waals surface area contributed by atoms with Gasteiger partial charge in [0.1, 0.15) is 5.75 Å². The molecule has 2 heteroatoms. The molecule has 1 atom stereocenters. The lowest BCUT2D eigenvalue weighted by Gasteiger charge is -2.17. The van der Waals surface area contributed by atoms with Gasteiger partial charge in [0.25, 0.3) is 0 Å². The average Bonchev–Trinajstić information content (AvgIpc) is 2.30. The van der Waals surface area contributed by atoms with Crippen molar-refractivity contribution in [1.29, 1.82) is 0 Å². The molecule has 90 valence electrons. The zero-order valence-corrected chi connectivity index (χ0v) is 10.6. The van der Waals surface area contributed by atoms with E-state index in [1.54, 1.807) is 0 Å². The summed E-state index contributed by atoms with van der Waals surface area (Å²) in [5.74, 6) is 0.956. The molecule has 0 radical (unpaired) electrons. The second-order valence-corrected chi connectivity index (χ2v) is 3.90. The van der Waals surface area contributed by atoms with Crippen molar-refractivity contribution in [3.63, 3.8) is 0 Å². The highest BCUT2D eigenvalue weighted by Gasteiger charge is 2.08. The molecule has 1 aromatic rings. The molecule has 0 saturated heterocycles. The highest BCUT2D eigenvalue weighted by atomic mass is 16.5. The topological polar surface area (TPSA) is 21.3 Å². The van der Waals surface area contributed by atoms with Crippen molar-refractivity contribution in [3.05, 3.63) is 29.8 Å². The summed E-state index contributed by atoms with van der Waals surface area (Å²) in [5.41, 5.74) is 1.35. The maximum atomic E-state index is 5.44. The van der Waals surface area contributed by atoms with Crippen molar-refractivity contribution in [2.75, 3.05) is 13.2 Å². The van der Waals surface area contributed by atoms with Gasteiger partial charge in [-0.2, -0.15) is 0 Å². The smallest absolute Gasteiger partial charge is 0.119 e. The molecule has 0 aliphatic rings. The Morgan fingerprint density at radius 3 is 2.31 bits per heavy atom. The average molecular weight is 221 g/mol. The van der Waals surface area contributed by atoms with Gasteiger partial charge in [-0.05, 0) is 37.6 Å². The zero-order valence-electron chi connectivity index (χ0n) is 10.6. The van der Waals surface area contributed by atoms with Gasteiger partial charge in [-0.25, -0.2) is 0 Å². The van der Waals surface area contributed by atoms with E-state index in [0.717, 1.165) is 18.9 Å². The van der Waals surface area contributed by atoms with Crippen LogP contribution in [-0.2, 0) is 0 Å². The van der Waals surface area contributed by atoms with Gasteiger partial charge in [0, 0.05) is 6.04 Å². The van der Waals surface area contributed by atoms with E-state index in [9.17, 15) is 0 Å². The fourth-order valence-corrected chi connectivity index (χ4v) is 1.88. The highest BCUT2D eigenvalue weighted by molar-refractivity contribution is 5.29. The van der Waals surface area contributed by atoms with Crippen LogP contribution in [0.5, 0.6) is 5.75 Å². The quantitative estimate of drug-likeness (QED) is 0.760. The molecule has 0 saturated carbocycles. The molecule has 1 N–H and O–H groups in total. The van der Waals surface area contributed by atoms with E-state index in [4.69, 9.17) is 4.74 Å². The Morgan fingerprint density at radius 2 is 1.81 bits per heavy atom. The van der Waals surface area contributed by atoms with Crippen molar-refractivity contribution in [2.45, 2.75) is 39.7 Å². The van der Waals surface area contributed by atoms with Crippen molar-refractivity contribution in [2.24, 2.45) is 0 Å². The largest absolute Gasteiger partial charge is 0.494 e. The van der Waals surface area contributed by atoms with Gasteiger partial charge >= 0.3 is 0 Å². The number of rotatable bonds is 7. The van der Waals surface area contributed by atoms with Crippen LogP contribution >= 0.6 is 0 Å². The van der Waals surface area contributed by atoms with Crippen molar-refractivity contribution < 1.29 is 4.74 Å². The summed E-state index contributed by atoms with van der Waals surface area (Å²) in [5, 5.41) is 3.51. The van der Waals surface area contributed by atoms with Crippen molar-refractivity contribution >= 4 is 0 Å². The standard InChI is InChI=1S/C14H23NO/c1-4-7-14(15-5-2)12-8-10-13(11-9-12)16-6-3/h8-11,14-15H,4-7H2,1-3H3. The first kappa shape index (κ1) is 13.0. The van der Waals surface area contributed by atoms with E-state index in [2.05, 4.69) is 43.4 Å². The monoisotopic (exact) mass is 221 g/mol. The lowest BCUT2D eigenvalue weighted by molar-refractivity contribution is 0.340. The lowest BCUT2D eigenvalue weighted by Crippen LogP contribution is -2.20. The SMILES string of the molecule is CCCC(NCC)c1ccc(OCC)cc1. The molecular formula is C14H23NO. The van der Waals surface area contributed by atoms with Crippen LogP contribution in [0.2, 0.25) is 0 Å². The zero-order chi connectivity index (χ0) is 11.8. The molecule has 1 unspecified atom stereocenters. The van der Waals surface area contributed by atoms with Gasteiger partial charge in [0.15, 0.2) is 0 Å². The summed E-state index contributed by atoms with van der Waals surface area (Å²) in [6.07, 6.45) is 2.38. The molecule has 0 spiro atoms. The van der Waals surface area contributed by atoms with Crippen molar-refractivity contribution in [3.8, 4) is 5.75 Å². The Labute approximate surface area is 99.0 Å². The molecule has 0 fully saturated rings. The van der Waals surface area contributed by atoms with Gasteiger partial charge in [-0.15, -0.1) is 0 Å². The minimum absolute atomic E-state index is 0.477. The van der Waals surface area contributed by atoms with E-state index in [-0.39, 0.29) is 0 Å². The third-order valence-corrected chi connectivity index (χ3v) is 2.62. The third-order valence-electron chi connectivity index (χ3n) is 2.62. The van der Waals surface area contributed by atoms with Gasteiger partial charge in [0.2, 0.25) is 0 Å². The van der Waals surface area contributed by atoms with Crippen LogP contribution in [0.4, 0.5) is 0 Å².